The second kappa shape index (κ2) is 5.93. The quantitative estimate of drug-likeness (QED) is 0.900. The van der Waals surface area contributed by atoms with Gasteiger partial charge in [0.05, 0.1) is 6.10 Å². The average molecular weight is 282 g/mol. The van der Waals surface area contributed by atoms with Gasteiger partial charge in [-0.2, -0.15) is 0 Å². The van der Waals surface area contributed by atoms with Crippen molar-refractivity contribution in [3.63, 3.8) is 0 Å². The molecule has 112 valence electrons. The van der Waals surface area contributed by atoms with E-state index in [2.05, 4.69) is 11.9 Å². The molecular formula is C14H22N2O4. The Labute approximate surface area is 117 Å². The fourth-order valence-electron chi connectivity index (χ4n) is 2.75. The van der Waals surface area contributed by atoms with Gasteiger partial charge in [0, 0.05) is 24.3 Å². The van der Waals surface area contributed by atoms with E-state index in [1.54, 1.807) is 13.1 Å². The Balaban J connectivity index is 2.42. The maximum absolute atomic E-state index is 12.0. The van der Waals surface area contributed by atoms with Crippen molar-refractivity contribution >= 4 is 0 Å². The van der Waals surface area contributed by atoms with E-state index in [-0.39, 0.29) is 23.7 Å². The van der Waals surface area contributed by atoms with Crippen LogP contribution in [0.2, 0.25) is 0 Å². The van der Waals surface area contributed by atoms with Gasteiger partial charge in [-0.25, -0.2) is 4.79 Å². The summed E-state index contributed by atoms with van der Waals surface area (Å²) in [5.74, 6) is 0.198. The third kappa shape index (κ3) is 2.58. The number of hydrogen-bond acceptors (Lipinski definition) is 4. The van der Waals surface area contributed by atoms with Crippen LogP contribution in [0.5, 0.6) is 0 Å². The lowest BCUT2D eigenvalue weighted by atomic mass is 9.98. The molecule has 0 saturated carbocycles. The predicted octanol–water partition coefficient (Wildman–Crippen LogP) is 1.19. The first-order valence-corrected chi connectivity index (χ1v) is 7.08. The monoisotopic (exact) mass is 282 g/mol. The first-order chi connectivity index (χ1) is 9.49. The number of ether oxygens (including phenoxy) is 2. The molecule has 1 N–H and O–H groups in total. The summed E-state index contributed by atoms with van der Waals surface area (Å²) in [4.78, 5) is 25.8. The number of aromatic nitrogens is 2. The number of hydrogen-bond donors (Lipinski definition) is 1. The number of H-pyrrole nitrogens is 1. The van der Waals surface area contributed by atoms with Crippen molar-refractivity contribution < 1.29 is 9.47 Å². The molecule has 1 aromatic rings. The van der Waals surface area contributed by atoms with Crippen LogP contribution < -0.4 is 11.2 Å². The van der Waals surface area contributed by atoms with Crippen LogP contribution in [-0.2, 0) is 9.47 Å². The SMILES string of the molecule is CCO[C@@H]1[C@H](C)[C@@H](CC)O[C@H]1n1cc(C)c(=O)[nH]c1=O. The minimum Gasteiger partial charge on any atom is -0.373 e. The van der Waals surface area contributed by atoms with E-state index in [1.165, 1.54) is 4.57 Å². The molecule has 6 heteroatoms. The molecular weight excluding hydrogens is 260 g/mol. The second-order valence-electron chi connectivity index (χ2n) is 5.23. The highest BCUT2D eigenvalue weighted by atomic mass is 16.6. The van der Waals surface area contributed by atoms with E-state index in [9.17, 15) is 9.59 Å². The Morgan fingerprint density at radius 3 is 2.70 bits per heavy atom. The standard InChI is InChI=1S/C14H22N2O4/c1-5-10-9(4)11(19-6-2)13(20-10)16-7-8(3)12(17)15-14(16)18/h7,9-11,13H,5-6H2,1-4H3,(H,15,17,18)/t9-,10-,11-,13-/m1/s1. The molecule has 0 unspecified atom stereocenters. The fraction of sp³-hybridized carbons (Fsp3) is 0.714. The van der Waals surface area contributed by atoms with Crippen LogP contribution in [-0.4, -0.2) is 28.4 Å². The Morgan fingerprint density at radius 1 is 1.40 bits per heavy atom. The van der Waals surface area contributed by atoms with E-state index in [4.69, 9.17) is 9.47 Å². The van der Waals surface area contributed by atoms with Crippen LogP contribution in [0, 0.1) is 12.8 Å². The van der Waals surface area contributed by atoms with Gasteiger partial charge in [0.15, 0.2) is 6.23 Å². The maximum atomic E-state index is 12.0. The van der Waals surface area contributed by atoms with Crippen molar-refractivity contribution in [1.29, 1.82) is 0 Å². The molecule has 0 radical (unpaired) electrons. The van der Waals surface area contributed by atoms with Gasteiger partial charge in [-0.1, -0.05) is 13.8 Å². The van der Waals surface area contributed by atoms with E-state index in [0.29, 0.717) is 12.2 Å². The van der Waals surface area contributed by atoms with Crippen molar-refractivity contribution in [3.8, 4) is 0 Å². The van der Waals surface area contributed by atoms with Crippen molar-refractivity contribution in [2.75, 3.05) is 6.61 Å². The smallest absolute Gasteiger partial charge is 0.330 e. The van der Waals surface area contributed by atoms with Gasteiger partial charge in [0.1, 0.15) is 6.10 Å². The van der Waals surface area contributed by atoms with Gasteiger partial charge in [-0.3, -0.25) is 14.3 Å². The molecule has 0 aromatic carbocycles. The maximum Gasteiger partial charge on any atom is 0.330 e. The molecule has 1 fully saturated rings. The molecule has 0 aliphatic carbocycles. The highest BCUT2D eigenvalue weighted by molar-refractivity contribution is 5.02. The molecule has 1 aromatic heterocycles. The van der Waals surface area contributed by atoms with Gasteiger partial charge in [0.25, 0.3) is 5.56 Å². The highest BCUT2D eigenvalue weighted by Gasteiger charge is 2.43. The van der Waals surface area contributed by atoms with Gasteiger partial charge >= 0.3 is 5.69 Å². The van der Waals surface area contributed by atoms with Crippen LogP contribution in [0.3, 0.4) is 0 Å². The largest absolute Gasteiger partial charge is 0.373 e. The topological polar surface area (TPSA) is 73.3 Å². The van der Waals surface area contributed by atoms with Crippen LogP contribution in [0.1, 0.15) is 39.0 Å². The third-order valence-electron chi connectivity index (χ3n) is 3.88. The van der Waals surface area contributed by atoms with E-state index < -0.39 is 11.9 Å². The summed E-state index contributed by atoms with van der Waals surface area (Å²) in [6, 6.07) is 0. The Bertz CT molecular complexity index is 577. The molecule has 1 saturated heterocycles. The summed E-state index contributed by atoms with van der Waals surface area (Å²) in [6.45, 7) is 8.26. The van der Waals surface area contributed by atoms with Gasteiger partial charge < -0.3 is 9.47 Å². The number of rotatable bonds is 4. The molecule has 1 aliphatic rings. The highest BCUT2D eigenvalue weighted by Crippen LogP contribution is 2.36. The zero-order valence-electron chi connectivity index (χ0n) is 12.4. The van der Waals surface area contributed by atoms with Gasteiger partial charge in [-0.05, 0) is 20.3 Å². The number of aromatic amines is 1. The van der Waals surface area contributed by atoms with Gasteiger partial charge in [0.2, 0.25) is 0 Å². The Kier molecular flexibility index (Phi) is 4.45. The second-order valence-corrected chi connectivity index (χ2v) is 5.23. The van der Waals surface area contributed by atoms with E-state index in [0.717, 1.165) is 6.42 Å². The third-order valence-corrected chi connectivity index (χ3v) is 3.88. The fourth-order valence-corrected chi connectivity index (χ4v) is 2.75. The summed E-state index contributed by atoms with van der Waals surface area (Å²) in [6.07, 6.45) is 1.78. The van der Waals surface area contributed by atoms with Crippen molar-refractivity contribution in [3.05, 3.63) is 32.6 Å². The van der Waals surface area contributed by atoms with Crippen molar-refractivity contribution in [1.82, 2.24) is 9.55 Å². The predicted molar refractivity (Wildman–Crippen MR) is 74.8 cm³/mol. The van der Waals surface area contributed by atoms with Gasteiger partial charge in [-0.15, -0.1) is 0 Å². The zero-order valence-corrected chi connectivity index (χ0v) is 12.4. The molecule has 0 amide bonds. The molecule has 20 heavy (non-hydrogen) atoms. The number of aryl methyl sites for hydroxylation is 1. The first kappa shape index (κ1) is 15.0. The summed E-state index contributed by atoms with van der Waals surface area (Å²) in [7, 11) is 0. The van der Waals surface area contributed by atoms with Crippen LogP contribution in [0.15, 0.2) is 15.8 Å². The van der Waals surface area contributed by atoms with E-state index in [1.807, 2.05) is 13.8 Å². The molecule has 2 rings (SSSR count). The minimum absolute atomic E-state index is 0.0516. The Hall–Kier alpha value is -1.40. The first-order valence-electron chi connectivity index (χ1n) is 7.08. The summed E-state index contributed by atoms with van der Waals surface area (Å²) in [5.41, 5.74) is -0.340. The van der Waals surface area contributed by atoms with Crippen LogP contribution in [0.4, 0.5) is 0 Å². The average Bonchev–Trinajstić information content (AvgIpc) is 2.72. The molecule has 6 nitrogen and oxygen atoms in total. The Morgan fingerprint density at radius 2 is 2.10 bits per heavy atom. The van der Waals surface area contributed by atoms with Crippen LogP contribution >= 0.6 is 0 Å². The van der Waals surface area contributed by atoms with Crippen molar-refractivity contribution in [2.24, 2.45) is 5.92 Å². The van der Waals surface area contributed by atoms with Crippen molar-refractivity contribution in [2.45, 2.75) is 52.6 Å². The van der Waals surface area contributed by atoms with Crippen LogP contribution in [0.25, 0.3) is 0 Å². The molecule has 2 heterocycles. The summed E-state index contributed by atoms with van der Waals surface area (Å²) < 4.78 is 13.2. The molecule has 0 bridgehead atoms. The lowest BCUT2D eigenvalue weighted by molar-refractivity contribution is -0.0638. The molecule has 1 aliphatic heterocycles. The zero-order chi connectivity index (χ0) is 14.9. The molecule has 4 atom stereocenters. The lowest BCUT2D eigenvalue weighted by Crippen LogP contribution is -2.38. The van der Waals surface area contributed by atoms with E-state index >= 15 is 0 Å². The number of nitrogens with zero attached hydrogens (tertiary/aromatic N) is 1. The minimum atomic E-state index is -0.488. The number of nitrogens with one attached hydrogen (secondary N) is 1. The summed E-state index contributed by atoms with van der Waals surface area (Å²) >= 11 is 0. The summed E-state index contributed by atoms with van der Waals surface area (Å²) in [5, 5.41) is 0. The lowest BCUT2D eigenvalue weighted by Gasteiger charge is -2.22. The molecule has 0 spiro atoms. The normalized spacial score (nSPS) is 29.8.